The van der Waals surface area contributed by atoms with Gasteiger partial charge in [0, 0.05) is 5.56 Å². The lowest BCUT2D eigenvalue weighted by molar-refractivity contribution is 0.0534. The predicted octanol–water partition coefficient (Wildman–Crippen LogP) is 2.32. The van der Waals surface area contributed by atoms with Gasteiger partial charge in [0.25, 0.3) is 0 Å². The van der Waals surface area contributed by atoms with E-state index in [0.29, 0.717) is 5.56 Å². The minimum absolute atomic E-state index is 0.101. The summed E-state index contributed by atoms with van der Waals surface area (Å²) < 4.78 is 5.03. The van der Waals surface area contributed by atoms with Gasteiger partial charge in [0.1, 0.15) is 10.5 Å². The van der Waals surface area contributed by atoms with Crippen molar-refractivity contribution in [3.8, 4) is 11.8 Å². The van der Waals surface area contributed by atoms with E-state index in [1.54, 1.807) is 32.2 Å². The van der Waals surface area contributed by atoms with Gasteiger partial charge in [-0.1, -0.05) is 11.8 Å². The number of carboxylic acid groups (broad SMARTS) is 1. The molecule has 5 nitrogen and oxygen atoms in total. The first-order chi connectivity index (χ1) is 8.79. The smallest absolute Gasteiger partial charge is 0.408 e. The molecule has 0 atom stereocenters. The van der Waals surface area contributed by atoms with Crippen molar-refractivity contribution in [2.45, 2.75) is 26.4 Å². The largest absolute Gasteiger partial charge is 0.477 e. The third-order valence-electron chi connectivity index (χ3n) is 1.80. The fourth-order valence-electron chi connectivity index (χ4n) is 1.14. The van der Waals surface area contributed by atoms with Crippen LogP contribution in [0.5, 0.6) is 0 Å². The molecule has 0 spiro atoms. The van der Waals surface area contributed by atoms with Gasteiger partial charge in [0.05, 0.1) is 6.54 Å². The first kappa shape index (κ1) is 15.1. The average molecular weight is 281 g/mol. The molecule has 1 heterocycles. The molecule has 0 bridgehead atoms. The Balaban J connectivity index is 2.50. The molecule has 1 aromatic rings. The summed E-state index contributed by atoms with van der Waals surface area (Å²) >= 11 is 1.12. The van der Waals surface area contributed by atoms with Gasteiger partial charge in [-0.2, -0.15) is 0 Å². The fourth-order valence-corrected chi connectivity index (χ4v) is 1.83. The quantitative estimate of drug-likeness (QED) is 0.816. The zero-order chi connectivity index (χ0) is 14.5. The number of nitrogens with one attached hydrogen (secondary N) is 1. The van der Waals surface area contributed by atoms with E-state index in [1.807, 2.05) is 0 Å². The summed E-state index contributed by atoms with van der Waals surface area (Å²) in [6, 6.07) is 1.63. The van der Waals surface area contributed by atoms with Crippen LogP contribution < -0.4 is 5.32 Å². The van der Waals surface area contributed by atoms with Crippen molar-refractivity contribution in [1.29, 1.82) is 0 Å². The maximum Gasteiger partial charge on any atom is 0.408 e. The van der Waals surface area contributed by atoms with Gasteiger partial charge in [-0.15, -0.1) is 11.3 Å². The predicted molar refractivity (Wildman–Crippen MR) is 72.4 cm³/mol. The maximum atomic E-state index is 11.3. The summed E-state index contributed by atoms with van der Waals surface area (Å²) in [5, 5.41) is 13.0. The van der Waals surface area contributed by atoms with Crippen LogP contribution >= 0.6 is 11.3 Å². The Morgan fingerprint density at radius 3 is 2.74 bits per heavy atom. The van der Waals surface area contributed by atoms with Crippen LogP contribution in [0.2, 0.25) is 0 Å². The van der Waals surface area contributed by atoms with Crippen molar-refractivity contribution < 1.29 is 19.4 Å². The van der Waals surface area contributed by atoms with Crippen LogP contribution in [-0.4, -0.2) is 29.3 Å². The Bertz CT molecular complexity index is 531. The molecule has 6 heteroatoms. The van der Waals surface area contributed by atoms with Gasteiger partial charge in [-0.3, -0.25) is 0 Å². The zero-order valence-electron chi connectivity index (χ0n) is 10.9. The summed E-state index contributed by atoms with van der Waals surface area (Å²) in [4.78, 5) is 22.3. The Morgan fingerprint density at radius 2 is 2.16 bits per heavy atom. The molecule has 0 unspecified atom stereocenters. The summed E-state index contributed by atoms with van der Waals surface area (Å²) in [7, 11) is 0. The van der Waals surface area contributed by atoms with E-state index in [0.717, 1.165) is 11.3 Å². The molecule has 0 aliphatic carbocycles. The number of aromatic carboxylic acids is 1. The number of amides is 1. The number of thiophene rings is 1. The maximum absolute atomic E-state index is 11.3. The normalized spacial score (nSPS) is 10.3. The molecule has 0 fully saturated rings. The topological polar surface area (TPSA) is 75.6 Å². The Kier molecular flexibility index (Phi) is 4.95. The van der Waals surface area contributed by atoms with E-state index in [2.05, 4.69) is 17.2 Å². The lowest BCUT2D eigenvalue weighted by atomic mass is 10.2. The van der Waals surface area contributed by atoms with E-state index in [-0.39, 0.29) is 11.4 Å². The van der Waals surface area contributed by atoms with Crippen LogP contribution in [-0.2, 0) is 4.74 Å². The van der Waals surface area contributed by atoms with Gasteiger partial charge in [-0.25, -0.2) is 9.59 Å². The molecule has 102 valence electrons. The third-order valence-corrected chi connectivity index (χ3v) is 2.70. The van der Waals surface area contributed by atoms with Crippen molar-refractivity contribution in [3.63, 3.8) is 0 Å². The number of ether oxygens (including phenoxy) is 1. The molecule has 1 aromatic heterocycles. The highest BCUT2D eigenvalue weighted by Crippen LogP contribution is 2.15. The highest BCUT2D eigenvalue weighted by Gasteiger charge is 2.15. The summed E-state index contributed by atoms with van der Waals surface area (Å²) in [5.41, 5.74) is -0.107. The van der Waals surface area contributed by atoms with Gasteiger partial charge < -0.3 is 15.2 Å². The standard InChI is InChI=1S/C13H15NO4S/c1-13(2,3)18-12(17)14-7-4-5-9-6-8-19-10(9)11(15)16/h6,8H,7H2,1-3H3,(H,14,17)(H,15,16). The molecule has 0 radical (unpaired) electrons. The average Bonchev–Trinajstić information content (AvgIpc) is 2.70. The van der Waals surface area contributed by atoms with Gasteiger partial charge in [-0.05, 0) is 32.2 Å². The molecule has 0 saturated carbocycles. The van der Waals surface area contributed by atoms with E-state index in [9.17, 15) is 9.59 Å². The van der Waals surface area contributed by atoms with Crippen molar-refractivity contribution in [3.05, 3.63) is 21.9 Å². The second kappa shape index (κ2) is 6.25. The number of carboxylic acids is 1. The minimum Gasteiger partial charge on any atom is -0.477 e. The molecule has 19 heavy (non-hydrogen) atoms. The lowest BCUT2D eigenvalue weighted by Crippen LogP contribution is -2.32. The van der Waals surface area contributed by atoms with E-state index in [4.69, 9.17) is 9.84 Å². The number of hydrogen-bond donors (Lipinski definition) is 2. The third kappa shape index (κ3) is 5.44. The highest BCUT2D eigenvalue weighted by atomic mass is 32.1. The fraction of sp³-hybridized carbons (Fsp3) is 0.385. The summed E-state index contributed by atoms with van der Waals surface area (Å²) in [5.74, 6) is 4.38. The number of carbonyl (C=O) groups excluding carboxylic acids is 1. The molecule has 1 amide bonds. The van der Waals surface area contributed by atoms with E-state index in [1.165, 1.54) is 0 Å². The Labute approximate surface area is 115 Å². The number of carbonyl (C=O) groups is 2. The van der Waals surface area contributed by atoms with E-state index < -0.39 is 17.7 Å². The van der Waals surface area contributed by atoms with Gasteiger partial charge in [0.2, 0.25) is 0 Å². The molecule has 1 rings (SSSR count). The van der Waals surface area contributed by atoms with Crippen LogP contribution in [0.25, 0.3) is 0 Å². The van der Waals surface area contributed by atoms with Crippen molar-refractivity contribution in [2.75, 3.05) is 6.54 Å². The molecule has 0 saturated heterocycles. The second-order valence-corrected chi connectivity index (χ2v) is 5.54. The van der Waals surface area contributed by atoms with Crippen LogP contribution in [0.3, 0.4) is 0 Å². The first-order valence-electron chi connectivity index (χ1n) is 5.56. The Morgan fingerprint density at radius 1 is 1.47 bits per heavy atom. The monoisotopic (exact) mass is 281 g/mol. The molecule has 2 N–H and O–H groups in total. The number of alkyl carbamates (subject to hydrolysis) is 1. The molecular weight excluding hydrogens is 266 g/mol. The van der Waals surface area contributed by atoms with Gasteiger partial charge in [0.15, 0.2) is 0 Å². The molecule has 0 aliphatic heterocycles. The van der Waals surface area contributed by atoms with E-state index >= 15 is 0 Å². The zero-order valence-corrected chi connectivity index (χ0v) is 11.8. The molecule has 0 aromatic carbocycles. The van der Waals surface area contributed by atoms with Crippen molar-refractivity contribution in [1.82, 2.24) is 5.32 Å². The summed E-state index contributed by atoms with van der Waals surface area (Å²) in [6.45, 7) is 5.40. The second-order valence-electron chi connectivity index (χ2n) is 4.63. The van der Waals surface area contributed by atoms with Crippen LogP contribution in [0.4, 0.5) is 4.79 Å². The van der Waals surface area contributed by atoms with Crippen molar-refractivity contribution >= 4 is 23.4 Å². The van der Waals surface area contributed by atoms with Crippen LogP contribution in [0.1, 0.15) is 36.0 Å². The first-order valence-corrected chi connectivity index (χ1v) is 6.44. The highest BCUT2D eigenvalue weighted by molar-refractivity contribution is 7.12. The van der Waals surface area contributed by atoms with Gasteiger partial charge >= 0.3 is 12.1 Å². The van der Waals surface area contributed by atoms with Crippen molar-refractivity contribution in [2.24, 2.45) is 0 Å². The SMILES string of the molecule is CC(C)(C)OC(=O)NCC#Cc1ccsc1C(=O)O. The Hall–Kier alpha value is -2.00. The van der Waals surface area contributed by atoms with Crippen LogP contribution in [0.15, 0.2) is 11.4 Å². The molecular formula is C13H15NO4S. The minimum atomic E-state index is -1.00. The number of rotatable bonds is 2. The molecule has 0 aliphatic rings. The number of hydrogen-bond acceptors (Lipinski definition) is 4. The van der Waals surface area contributed by atoms with Crippen LogP contribution in [0, 0.1) is 11.8 Å². The lowest BCUT2D eigenvalue weighted by Gasteiger charge is -2.18. The summed E-state index contributed by atoms with van der Waals surface area (Å²) in [6.07, 6.45) is -0.550.